The zero-order valence-corrected chi connectivity index (χ0v) is 22.7. The average Bonchev–Trinajstić information content (AvgIpc) is 3.47. The lowest BCUT2D eigenvalue weighted by Crippen LogP contribution is -2.34. The number of rotatable bonds is 10. The SMILES string of the molecule is COC(=O)C1=C(C)NC(C)=C(C(=O)OC(CN(C)Cc2ccccc2)c2ccco2)C1c1cccc([N+](=O)[O-])c1. The van der Waals surface area contributed by atoms with Crippen LogP contribution in [0.25, 0.3) is 0 Å². The number of non-ortho nitro benzene ring substituents is 1. The van der Waals surface area contributed by atoms with Crippen LogP contribution in [0.3, 0.4) is 0 Å². The van der Waals surface area contributed by atoms with Crippen LogP contribution in [0.2, 0.25) is 0 Å². The van der Waals surface area contributed by atoms with Crippen molar-refractivity contribution in [3.8, 4) is 0 Å². The molecule has 208 valence electrons. The third-order valence-corrected chi connectivity index (χ3v) is 6.68. The average molecular weight is 546 g/mol. The van der Waals surface area contributed by atoms with Gasteiger partial charge in [-0.2, -0.15) is 0 Å². The molecule has 0 bridgehead atoms. The summed E-state index contributed by atoms with van der Waals surface area (Å²) in [6.45, 7) is 4.33. The molecule has 10 heteroatoms. The summed E-state index contributed by atoms with van der Waals surface area (Å²) in [6.07, 6.45) is 0.740. The molecule has 1 aliphatic rings. The summed E-state index contributed by atoms with van der Waals surface area (Å²) in [4.78, 5) is 39.9. The van der Waals surface area contributed by atoms with Gasteiger partial charge in [0.25, 0.3) is 5.69 Å². The number of allylic oxidation sites excluding steroid dienone is 2. The number of likely N-dealkylation sites (N-methyl/N-ethyl adjacent to an activating group) is 1. The Morgan fingerprint density at radius 3 is 2.35 bits per heavy atom. The maximum absolute atomic E-state index is 13.9. The van der Waals surface area contributed by atoms with Crippen molar-refractivity contribution < 1.29 is 28.4 Å². The zero-order valence-electron chi connectivity index (χ0n) is 22.7. The van der Waals surface area contributed by atoms with Gasteiger partial charge in [-0.3, -0.25) is 15.0 Å². The molecular formula is C30H31N3O7. The highest BCUT2D eigenvalue weighted by molar-refractivity contribution is 6.00. The first-order valence-corrected chi connectivity index (χ1v) is 12.7. The van der Waals surface area contributed by atoms with Gasteiger partial charge in [-0.05, 0) is 44.2 Å². The number of nitro benzene ring substituents is 1. The summed E-state index contributed by atoms with van der Waals surface area (Å²) in [5, 5.41) is 14.6. The van der Waals surface area contributed by atoms with E-state index in [1.54, 1.807) is 32.0 Å². The Balaban J connectivity index is 1.69. The van der Waals surface area contributed by atoms with Gasteiger partial charge in [-0.25, -0.2) is 9.59 Å². The Bertz CT molecular complexity index is 1440. The van der Waals surface area contributed by atoms with Gasteiger partial charge < -0.3 is 19.2 Å². The van der Waals surface area contributed by atoms with Gasteiger partial charge in [0.1, 0.15) is 5.76 Å². The lowest BCUT2D eigenvalue weighted by molar-refractivity contribution is -0.384. The fraction of sp³-hybridized carbons (Fsp3) is 0.267. The van der Waals surface area contributed by atoms with Crippen molar-refractivity contribution in [2.75, 3.05) is 20.7 Å². The minimum Gasteiger partial charge on any atom is -0.466 e. The van der Waals surface area contributed by atoms with E-state index < -0.39 is 28.9 Å². The standard InChI is InChI=1S/C30H31N3O7/c1-19-26(29(34)38-4)28(22-12-8-13-23(16-22)33(36)37)27(20(2)31-19)30(35)40-25(24-14-9-15-39-24)18-32(3)17-21-10-6-5-7-11-21/h5-16,25,28,31H,17-18H2,1-4H3. The number of nitrogens with one attached hydrogen (secondary N) is 1. The van der Waals surface area contributed by atoms with Crippen LogP contribution in [0.4, 0.5) is 5.69 Å². The Labute approximate surface area is 232 Å². The number of esters is 2. The third kappa shape index (κ3) is 6.29. The highest BCUT2D eigenvalue weighted by atomic mass is 16.6. The lowest BCUT2D eigenvalue weighted by Gasteiger charge is -2.31. The van der Waals surface area contributed by atoms with Crippen LogP contribution >= 0.6 is 0 Å². The molecule has 0 spiro atoms. The topological polar surface area (TPSA) is 124 Å². The molecule has 1 N–H and O–H groups in total. The summed E-state index contributed by atoms with van der Waals surface area (Å²) < 4.78 is 16.7. The molecule has 40 heavy (non-hydrogen) atoms. The van der Waals surface area contributed by atoms with Crippen LogP contribution in [0, 0.1) is 10.1 Å². The van der Waals surface area contributed by atoms with E-state index in [0.29, 0.717) is 35.8 Å². The van der Waals surface area contributed by atoms with Gasteiger partial charge in [-0.1, -0.05) is 42.5 Å². The van der Waals surface area contributed by atoms with E-state index in [0.717, 1.165) is 5.56 Å². The van der Waals surface area contributed by atoms with Gasteiger partial charge in [0, 0.05) is 36.6 Å². The molecule has 0 aliphatic carbocycles. The molecule has 1 aliphatic heterocycles. The number of carbonyl (C=O) groups is 2. The highest BCUT2D eigenvalue weighted by Crippen LogP contribution is 2.40. The number of furan rings is 1. The fourth-order valence-corrected chi connectivity index (χ4v) is 4.89. The monoisotopic (exact) mass is 545 g/mol. The number of dihydropyridines is 1. The van der Waals surface area contributed by atoms with Crippen molar-refractivity contribution in [3.05, 3.63) is 123 Å². The first kappa shape index (κ1) is 28.3. The zero-order chi connectivity index (χ0) is 28.8. The molecule has 10 nitrogen and oxygen atoms in total. The molecule has 2 aromatic carbocycles. The van der Waals surface area contributed by atoms with Gasteiger partial charge in [-0.15, -0.1) is 0 Å². The number of nitro groups is 1. The molecule has 0 saturated carbocycles. The van der Waals surface area contributed by atoms with E-state index in [9.17, 15) is 19.7 Å². The molecule has 0 fully saturated rings. The van der Waals surface area contributed by atoms with Gasteiger partial charge in [0.05, 0.1) is 35.4 Å². The summed E-state index contributed by atoms with van der Waals surface area (Å²) in [7, 11) is 3.16. The largest absolute Gasteiger partial charge is 0.466 e. The molecule has 4 rings (SSSR count). The minimum atomic E-state index is -0.958. The number of hydrogen-bond donors (Lipinski definition) is 1. The number of benzene rings is 2. The molecule has 2 heterocycles. The molecule has 0 saturated heterocycles. The second-order valence-corrected chi connectivity index (χ2v) is 9.57. The lowest BCUT2D eigenvalue weighted by atomic mass is 9.80. The van der Waals surface area contributed by atoms with Crippen LogP contribution in [0.5, 0.6) is 0 Å². The Hall–Kier alpha value is -4.70. The van der Waals surface area contributed by atoms with Crippen molar-refractivity contribution in [1.82, 2.24) is 10.2 Å². The van der Waals surface area contributed by atoms with Crippen molar-refractivity contribution in [2.45, 2.75) is 32.4 Å². The van der Waals surface area contributed by atoms with E-state index in [-0.39, 0.29) is 16.8 Å². The summed E-state index contributed by atoms with van der Waals surface area (Å²) in [5.41, 5.74) is 2.56. The van der Waals surface area contributed by atoms with Crippen molar-refractivity contribution in [3.63, 3.8) is 0 Å². The van der Waals surface area contributed by atoms with Crippen molar-refractivity contribution >= 4 is 17.6 Å². The Morgan fingerprint density at radius 1 is 1.02 bits per heavy atom. The predicted molar refractivity (Wildman–Crippen MR) is 147 cm³/mol. The number of ether oxygens (including phenoxy) is 2. The maximum atomic E-state index is 13.9. The van der Waals surface area contributed by atoms with Gasteiger partial charge >= 0.3 is 11.9 Å². The molecule has 1 aromatic heterocycles. The number of carbonyl (C=O) groups excluding carboxylic acids is 2. The summed E-state index contributed by atoms with van der Waals surface area (Å²) in [6, 6.07) is 19.2. The fourth-order valence-electron chi connectivity index (χ4n) is 4.89. The van der Waals surface area contributed by atoms with E-state index in [1.165, 1.54) is 31.6 Å². The number of methoxy groups -OCH3 is 1. The third-order valence-electron chi connectivity index (χ3n) is 6.68. The first-order chi connectivity index (χ1) is 19.2. The van der Waals surface area contributed by atoms with Crippen LogP contribution in [-0.4, -0.2) is 42.5 Å². The number of nitrogens with zero attached hydrogens (tertiary/aromatic N) is 2. The second kappa shape index (κ2) is 12.4. The van der Waals surface area contributed by atoms with Crippen LogP contribution < -0.4 is 5.32 Å². The maximum Gasteiger partial charge on any atom is 0.337 e. The van der Waals surface area contributed by atoms with Gasteiger partial charge in [0.15, 0.2) is 6.10 Å². The Kier molecular flexibility index (Phi) is 8.80. The molecule has 2 atom stereocenters. The minimum absolute atomic E-state index is 0.147. The summed E-state index contributed by atoms with van der Waals surface area (Å²) in [5.74, 6) is -1.85. The van der Waals surface area contributed by atoms with Crippen LogP contribution in [0.1, 0.15) is 42.8 Å². The van der Waals surface area contributed by atoms with Crippen LogP contribution in [-0.2, 0) is 25.6 Å². The molecular weight excluding hydrogens is 514 g/mol. The molecule has 3 aromatic rings. The van der Waals surface area contributed by atoms with E-state index >= 15 is 0 Å². The highest BCUT2D eigenvalue weighted by Gasteiger charge is 2.39. The van der Waals surface area contributed by atoms with Gasteiger partial charge in [0.2, 0.25) is 0 Å². The van der Waals surface area contributed by atoms with E-state index in [2.05, 4.69) is 5.32 Å². The van der Waals surface area contributed by atoms with E-state index in [1.807, 2.05) is 42.3 Å². The Morgan fingerprint density at radius 2 is 1.73 bits per heavy atom. The molecule has 2 unspecified atom stereocenters. The van der Waals surface area contributed by atoms with Crippen LogP contribution in [0.15, 0.2) is 100.0 Å². The summed E-state index contributed by atoms with van der Waals surface area (Å²) >= 11 is 0. The predicted octanol–water partition coefficient (Wildman–Crippen LogP) is 5.01. The van der Waals surface area contributed by atoms with Crippen molar-refractivity contribution in [2.24, 2.45) is 0 Å². The van der Waals surface area contributed by atoms with Crippen molar-refractivity contribution in [1.29, 1.82) is 0 Å². The van der Waals surface area contributed by atoms with E-state index in [4.69, 9.17) is 13.9 Å². The number of hydrogen-bond acceptors (Lipinski definition) is 9. The smallest absolute Gasteiger partial charge is 0.337 e. The molecule has 0 radical (unpaired) electrons. The molecule has 0 amide bonds. The normalized spacial score (nSPS) is 16.0. The first-order valence-electron chi connectivity index (χ1n) is 12.7. The quantitative estimate of drug-likeness (QED) is 0.213. The second-order valence-electron chi connectivity index (χ2n) is 9.57.